The molecule has 0 saturated heterocycles. The highest BCUT2D eigenvalue weighted by molar-refractivity contribution is 5.76. The maximum atomic E-state index is 11.7. The normalized spacial score (nSPS) is 14.8. The maximum absolute atomic E-state index is 11.7. The molecule has 0 saturated carbocycles. The minimum absolute atomic E-state index is 0.140. The quantitative estimate of drug-likeness (QED) is 0.868. The summed E-state index contributed by atoms with van der Waals surface area (Å²) in [7, 11) is 0. The van der Waals surface area contributed by atoms with E-state index in [9.17, 15) is 4.79 Å². The van der Waals surface area contributed by atoms with Gasteiger partial charge in [-0.2, -0.15) is 0 Å². The summed E-state index contributed by atoms with van der Waals surface area (Å²) in [5.41, 5.74) is 2.49. The van der Waals surface area contributed by atoms with Crippen molar-refractivity contribution >= 4 is 5.91 Å². The number of ether oxygens (including phenoxy) is 1. The molecule has 0 aliphatic carbocycles. The molecule has 3 nitrogen and oxygen atoms in total. The van der Waals surface area contributed by atoms with E-state index < -0.39 is 0 Å². The molecule has 1 aromatic rings. The van der Waals surface area contributed by atoms with Crippen LogP contribution in [0.15, 0.2) is 18.2 Å². The van der Waals surface area contributed by atoms with E-state index in [1.807, 2.05) is 13.0 Å². The van der Waals surface area contributed by atoms with E-state index >= 15 is 0 Å². The molecule has 0 radical (unpaired) electrons. The number of nitrogens with one attached hydrogen (secondary N) is 1. The van der Waals surface area contributed by atoms with Crippen LogP contribution in [0, 0.1) is 0 Å². The van der Waals surface area contributed by atoms with E-state index in [-0.39, 0.29) is 11.9 Å². The van der Waals surface area contributed by atoms with Crippen LogP contribution in [-0.4, -0.2) is 18.6 Å². The van der Waals surface area contributed by atoms with Crippen LogP contribution >= 0.6 is 0 Å². The number of carbonyl (C=O) groups excluding carboxylic acids is 1. The van der Waals surface area contributed by atoms with E-state index in [1.54, 1.807) is 0 Å². The van der Waals surface area contributed by atoms with Crippen LogP contribution in [0.2, 0.25) is 0 Å². The molecule has 1 aliphatic heterocycles. The highest BCUT2D eigenvalue weighted by Crippen LogP contribution is 2.26. The van der Waals surface area contributed by atoms with Crippen molar-refractivity contribution in [2.45, 2.75) is 45.6 Å². The van der Waals surface area contributed by atoms with Gasteiger partial charge in [0.2, 0.25) is 5.91 Å². The number of hydrogen-bond acceptors (Lipinski definition) is 2. The second-order valence-corrected chi connectivity index (χ2v) is 4.92. The Labute approximate surface area is 109 Å². The number of benzene rings is 1. The van der Waals surface area contributed by atoms with Crippen molar-refractivity contribution in [2.75, 3.05) is 6.61 Å². The lowest BCUT2D eigenvalue weighted by atomic mass is 10.0. The van der Waals surface area contributed by atoms with Gasteiger partial charge >= 0.3 is 0 Å². The fourth-order valence-electron chi connectivity index (χ4n) is 2.10. The average Bonchev–Trinajstić information content (AvgIpc) is 2.83. The van der Waals surface area contributed by atoms with Crippen molar-refractivity contribution in [3.8, 4) is 5.75 Å². The third-order valence-electron chi connectivity index (χ3n) is 3.41. The molecule has 0 spiro atoms. The third-order valence-corrected chi connectivity index (χ3v) is 3.41. The molecule has 18 heavy (non-hydrogen) atoms. The lowest BCUT2D eigenvalue weighted by Crippen LogP contribution is -2.31. The molecule has 0 bridgehead atoms. The summed E-state index contributed by atoms with van der Waals surface area (Å²) in [6.45, 7) is 4.89. The standard InChI is InChI=1S/C15H21NO2/c1-3-11(2)16-15(17)7-5-12-4-6-14-13(10-12)8-9-18-14/h4,6,10-11H,3,5,7-9H2,1-2H3,(H,16,17)/t11-/m0/s1. The molecular formula is C15H21NO2. The van der Waals surface area contributed by atoms with Crippen molar-refractivity contribution in [2.24, 2.45) is 0 Å². The van der Waals surface area contributed by atoms with E-state index in [0.29, 0.717) is 6.42 Å². The molecule has 1 atom stereocenters. The molecule has 1 heterocycles. The van der Waals surface area contributed by atoms with Gasteiger partial charge in [0, 0.05) is 18.9 Å². The second-order valence-electron chi connectivity index (χ2n) is 4.92. The predicted octanol–water partition coefficient (Wildman–Crippen LogP) is 2.47. The predicted molar refractivity (Wildman–Crippen MR) is 71.9 cm³/mol. The lowest BCUT2D eigenvalue weighted by molar-refractivity contribution is -0.121. The van der Waals surface area contributed by atoms with Gasteiger partial charge in [-0.3, -0.25) is 4.79 Å². The monoisotopic (exact) mass is 247 g/mol. The number of carbonyl (C=O) groups is 1. The van der Waals surface area contributed by atoms with Gasteiger partial charge in [-0.1, -0.05) is 19.1 Å². The van der Waals surface area contributed by atoms with Crippen LogP contribution in [0.25, 0.3) is 0 Å². The highest BCUT2D eigenvalue weighted by atomic mass is 16.5. The zero-order valence-corrected chi connectivity index (χ0v) is 11.2. The highest BCUT2D eigenvalue weighted by Gasteiger charge is 2.12. The Kier molecular flexibility index (Phi) is 4.24. The first kappa shape index (κ1) is 12.9. The number of amides is 1. The van der Waals surface area contributed by atoms with Crippen LogP contribution in [0.5, 0.6) is 5.75 Å². The summed E-state index contributed by atoms with van der Waals surface area (Å²) in [5, 5.41) is 2.99. The molecule has 1 N–H and O–H groups in total. The van der Waals surface area contributed by atoms with E-state index in [2.05, 4.69) is 24.4 Å². The summed E-state index contributed by atoms with van der Waals surface area (Å²) in [6.07, 6.45) is 3.32. The minimum atomic E-state index is 0.140. The summed E-state index contributed by atoms with van der Waals surface area (Å²) >= 11 is 0. The largest absolute Gasteiger partial charge is 0.493 e. The lowest BCUT2D eigenvalue weighted by Gasteiger charge is -2.11. The Morgan fingerprint density at radius 2 is 2.33 bits per heavy atom. The Hall–Kier alpha value is -1.51. The van der Waals surface area contributed by atoms with Crippen molar-refractivity contribution in [3.05, 3.63) is 29.3 Å². The zero-order chi connectivity index (χ0) is 13.0. The van der Waals surface area contributed by atoms with Crippen LogP contribution < -0.4 is 10.1 Å². The summed E-state index contributed by atoms with van der Waals surface area (Å²) in [4.78, 5) is 11.7. The Bertz CT molecular complexity index is 429. The molecule has 1 aliphatic rings. The molecule has 1 aromatic carbocycles. The van der Waals surface area contributed by atoms with Gasteiger partial charge in [-0.05, 0) is 37.0 Å². The van der Waals surface area contributed by atoms with Crippen LogP contribution in [0.1, 0.15) is 37.8 Å². The van der Waals surface area contributed by atoms with E-state index in [4.69, 9.17) is 4.74 Å². The maximum Gasteiger partial charge on any atom is 0.220 e. The fourth-order valence-corrected chi connectivity index (χ4v) is 2.10. The van der Waals surface area contributed by atoms with Crippen molar-refractivity contribution in [1.29, 1.82) is 0 Å². The Balaban J connectivity index is 1.85. The minimum Gasteiger partial charge on any atom is -0.493 e. The first-order chi connectivity index (χ1) is 8.69. The topological polar surface area (TPSA) is 38.3 Å². The number of fused-ring (bicyclic) bond motifs is 1. The molecule has 2 rings (SSSR count). The van der Waals surface area contributed by atoms with Gasteiger partial charge in [-0.15, -0.1) is 0 Å². The molecule has 98 valence electrons. The SMILES string of the molecule is CC[C@H](C)NC(=O)CCc1ccc2c(c1)CCO2. The Morgan fingerprint density at radius 3 is 3.11 bits per heavy atom. The fraction of sp³-hybridized carbons (Fsp3) is 0.533. The van der Waals surface area contributed by atoms with Gasteiger partial charge in [0.05, 0.1) is 6.61 Å². The molecule has 3 heteroatoms. The molecule has 0 unspecified atom stereocenters. The summed E-state index contributed by atoms with van der Waals surface area (Å²) in [6, 6.07) is 6.51. The van der Waals surface area contributed by atoms with Crippen molar-refractivity contribution in [1.82, 2.24) is 5.32 Å². The van der Waals surface area contributed by atoms with Crippen molar-refractivity contribution in [3.63, 3.8) is 0 Å². The van der Waals surface area contributed by atoms with Gasteiger partial charge in [0.1, 0.15) is 5.75 Å². The summed E-state index contributed by atoms with van der Waals surface area (Å²) in [5.74, 6) is 1.14. The molecule has 0 aromatic heterocycles. The zero-order valence-electron chi connectivity index (χ0n) is 11.2. The van der Waals surface area contributed by atoms with E-state index in [0.717, 1.165) is 31.6 Å². The molecular weight excluding hydrogens is 226 g/mol. The smallest absolute Gasteiger partial charge is 0.220 e. The van der Waals surface area contributed by atoms with Gasteiger partial charge in [0.25, 0.3) is 0 Å². The number of aryl methyl sites for hydroxylation is 1. The van der Waals surface area contributed by atoms with Crippen LogP contribution in [0.4, 0.5) is 0 Å². The Morgan fingerprint density at radius 1 is 1.50 bits per heavy atom. The molecule has 0 fully saturated rings. The van der Waals surface area contributed by atoms with Gasteiger partial charge in [-0.25, -0.2) is 0 Å². The third kappa shape index (κ3) is 3.25. The number of hydrogen-bond donors (Lipinski definition) is 1. The van der Waals surface area contributed by atoms with Gasteiger partial charge < -0.3 is 10.1 Å². The average molecular weight is 247 g/mol. The van der Waals surface area contributed by atoms with Crippen molar-refractivity contribution < 1.29 is 9.53 Å². The number of rotatable bonds is 5. The van der Waals surface area contributed by atoms with Crippen LogP contribution in [-0.2, 0) is 17.6 Å². The van der Waals surface area contributed by atoms with E-state index in [1.165, 1.54) is 11.1 Å². The first-order valence-corrected chi connectivity index (χ1v) is 6.73. The first-order valence-electron chi connectivity index (χ1n) is 6.73. The second kappa shape index (κ2) is 5.89. The molecule has 1 amide bonds. The van der Waals surface area contributed by atoms with Gasteiger partial charge in [0.15, 0.2) is 0 Å². The van der Waals surface area contributed by atoms with Crippen LogP contribution in [0.3, 0.4) is 0 Å². The summed E-state index contributed by atoms with van der Waals surface area (Å²) < 4.78 is 5.47.